The maximum Gasteiger partial charge on any atom is 0.307 e. The van der Waals surface area contributed by atoms with Crippen LogP contribution >= 0.6 is 11.8 Å². The lowest BCUT2D eigenvalue weighted by atomic mass is 10.1. The van der Waals surface area contributed by atoms with Crippen molar-refractivity contribution in [2.24, 2.45) is 0 Å². The molecule has 0 aliphatic carbocycles. The van der Waals surface area contributed by atoms with Gasteiger partial charge in [0, 0.05) is 23.4 Å². The summed E-state index contributed by atoms with van der Waals surface area (Å²) in [4.78, 5) is 38.5. The minimum absolute atomic E-state index is 0.117. The van der Waals surface area contributed by atoms with Crippen LogP contribution in [0.4, 0.5) is 5.69 Å². The van der Waals surface area contributed by atoms with Gasteiger partial charge >= 0.3 is 5.97 Å². The normalized spacial score (nSPS) is 10.3. The van der Waals surface area contributed by atoms with E-state index in [1.165, 1.54) is 11.9 Å². The number of hydrogen-bond acceptors (Lipinski definition) is 5. The van der Waals surface area contributed by atoms with Crippen molar-refractivity contribution in [1.82, 2.24) is 4.90 Å². The zero-order chi connectivity index (χ0) is 21.2. The van der Waals surface area contributed by atoms with Crippen molar-refractivity contribution in [3.63, 3.8) is 0 Å². The van der Waals surface area contributed by atoms with Gasteiger partial charge in [-0.05, 0) is 37.1 Å². The van der Waals surface area contributed by atoms with Crippen LogP contribution in [0.15, 0.2) is 53.4 Å². The summed E-state index contributed by atoms with van der Waals surface area (Å²) in [6, 6.07) is 15.5. The van der Waals surface area contributed by atoms with E-state index in [0.717, 1.165) is 21.7 Å². The molecule has 2 amide bonds. The molecule has 0 aliphatic rings. The van der Waals surface area contributed by atoms with Crippen molar-refractivity contribution in [2.45, 2.75) is 25.2 Å². The lowest BCUT2D eigenvalue weighted by Gasteiger charge is -2.18. The van der Waals surface area contributed by atoms with Crippen molar-refractivity contribution in [2.75, 3.05) is 31.3 Å². The van der Waals surface area contributed by atoms with Gasteiger partial charge in [-0.25, -0.2) is 0 Å². The van der Waals surface area contributed by atoms with Crippen LogP contribution in [-0.4, -0.2) is 48.6 Å². The Kier molecular flexibility index (Phi) is 8.73. The number of thioether (sulfide) groups is 1. The molecule has 2 aromatic rings. The van der Waals surface area contributed by atoms with Gasteiger partial charge in [0.25, 0.3) is 5.91 Å². The quantitative estimate of drug-likeness (QED) is 0.503. The molecule has 0 aliphatic heterocycles. The van der Waals surface area contributed by atoms with Crippen LogP contribution in [-0.2, 0) is 19.1 Å². The Balaban J connectivity index is 1.70. The molecular weight excluding hydrogens is 388 g/mol. The Bertz CT molecular complexity index is 835. The van der Waals surface area contributed by atoms with Gasteiger partial charge in [-0.3, -0.25) is 14.4 Å². The number of likely N-dealkylation sites (N-methyl/N-ethyl adjacent to an activating group) is 1. The second-order valence-electron chi connectivity index (χ2n) is 6.64. The number of carbonyl (C=O) groups is 3. The Morgan fingerprint density at radius 1 is 1.00 bits per heavy atom. The summed E-state index contributed by atoms with van der Waals surface area (Å²) in [5.74, 6) is -0.588. The molecule has 0 heterocycles. The Labute approximate surface area is 175 Å². The third-order valence-corrected chi connectivity index (χ3v) is 5.24. The van der Waals surface area contributed by atoms with Gasteiger partial charge in [-0.15, -0.1) is 11.8 Å². The van der Waals surface area contributed by atoms with Crippen LogP contribution in [0.5, 0.6) is 0 Å². The molecule has 0 bridgehead atoms. The standard InChI is InChI=1S/C22H26N2O4S/c1-16-8-7-9-17(2)22(16)23-19(25)14-24(3)20(26)15-28-21(27)12-13-29-18-10-5-4-6-11-18/h4-11H,12-15H2,1-3H3,(H,23,25). The minimum atomic E-state index is -0.435. The molecule has 29 heavy (non-hydrogen) atoms. The summed E-state index contributed by atoms with van der Waals surface area (Å²) in [5, 5.41) is 2.83. The molecule has 1 N–H and O–H groups in total. The summed E-state index contributed by atoms with van der Waals surface area (Å²) < 4.78 is 5.03. The average molecular weight is 415 g/mol. The molecular formula is C22H26N2O4S. The third-order valence-electron chi connectivity index (χ3n) is 4.23. The smallest absolute Gasteiger partial charge is 0.307 e. The van der Waals surface area contributed by atoms with E-state index in [9.17, 15) is 14.4 Å². The number of para-hydroxylation sites is 1. The maximum absolute atomic E-state index is 12.2. The van der Waals surface area contributed by atoms with Gasteiger partial charge in [0.05, 0.1) is 13.0 Å². The molecule has 154 valence electrons. The zero-order valence-corrected chi connectivity index (χ0v) is 17.8. The second-order valence-corrected chi connectivity index (χ2v) is 7.81. The van der Waals surface area contributed by atoms with E-state index in [1.807, 2.05) is 62.4 Å². The summed E-state index contributed by atoms with van der Waals surface area (Å²) in [6.45, 7) is 3.33. The lowest BCUT2D eigenvalue weighted by Crippen LogP contribution is -2.37. The molecule has 7 heteroatoms. The fraction of sp³-hybridized carbons (Fsp3) is 0.318. The highest BCUT2D eigenvalue weighted by Gasteiger charge is 2.16. The molecule has 0 radical (unpaired) electrons. The molecule has 2 rings (SSSR count). The zero-order valence-electron chi connectivity index (χ0n) is 16.9. The van der Waals surface area contributed by atoms with Gasteiger partial charge < -0.3 is 15.0 Å². The first-order chi connectivity index (χ1) is 13.9. The number of amides is 2. The summed E-state index contributed by atoms with van der Waals surface area (Å²) in [5.41, 5.74) is 2.66. The van der Waals surface area contributed by atoms with E-state index in [4.69, 9.17) is 4.74 Å². The summed E-state index contributed by atoms with van der Waals surface area (Å²) in [6.07, 6.45) is 0.212. The number of nitrogens with one attached hydrogen (secondary N) is 1. The highest BCUT2D eigenvalue weighted by Crippen LogP contribution is 2.19. The number of rotatable bonds is 9. The average Bonchev–Trinajstić information content (AvgIpc) is 2.69. The highest BCUT2D eigenvalue weighted by molar-refractivity contribution is 7.99. The van der Waals surface area contributed by atoms with Crippen molar-refractivity contribution in [3.8, 4) is 0 Å². The van der Waals surface area contributed by atoms with Crippen molar-refractivity contribution in [3.05, 3.63) is 59.7 Å². The highest BCUT2D eigenvalue weighted by atomic mass is 32.2. The topological polar surface area (TPSA) is 75.7 Å². The van der Waals surface area contributed by atoms with E-state index >= 15 is 0 Å². The lowest BCUT2D eigenvalue weighted by molar-refractivity contribution is -0.151. The minimum Gasteiger partial charge on any atom is -0.456 e. The molecule has 0 fully saturated rings. The summed E-state index contributed by atoms with van der Waals surface area (Å²) >= 11 is 1.55. The van der Waals surface area contributed by atoms with Gasteiger partial charge in [0.1, 0.15) is 0 Å². The molecule has 0 saturated carbocycles. The Hall–Kier alpha value is -2.80. The Morgan fingerprint density at radius 3 is 2.31 bits per heavy atom. The predicted molar refractivity (Wildman–Crippen MR) is 115 cm³/mol. The molecule has 2 aromatic carbocycles. The van der Waals surface area contributed by atoms with E-state index in [2.05, 4.69) is 5.32 Å². The fourth-order valence-electron chi connectivity index (χ4n) is 2.59. The number of carbonyl (C=O) groups excluding carboxylic acids is 3. The van der Waals surface area contributed by atoms with Crippen LogP contribution in [0.1, 0.15) is 17.5 Å². The van der Waals surface area contributed by atoms with Crippen LogP contribution in [0.25, 0.3) is 0 Å². The maximum atomic E-state index is 12.2. The fourth-order valence-corrected chi connectivity index (χ4v) is 3.44. The summed E-state index contributed by atoms with van der Waals surface area (Å²) in [7, 11) is 1.51. The van der Waals surface area contributed by atoms with Crippen molar-refractivity contribution < 1.29 is 19.1 Å². The first kappa shape index (κ1) is 22.5. The number of ether oxygens (including phenoxy) is 1. The van der Waals surface area contributed by atoms with Gasteiger partial charge in [-0.2, -0.15) is 0 Å². The van der Waals surface area contributed by atoms with Crippen molar-refractivity contribution >= 4 is 35.2 Å². The molecule has 6 nitrogen and oxygen atoms in total. The van der Waals surface area contributed by atoms with Crippen LogP contribution < -0.4 is 5.32 Å². The second kappa shape index (κ2) is 11.3. The number of nitrogens with zero attached hydrogens (tertiary/aromatic N) is 1. The van der Waals surface area contributed by atoms with Crippen LogP contribution in [0.3, 0.4) is 0 Å². The van der Waals surface area contributed by atoms with E-state index < -0.39 is 11.9 Å². The van der Waals surface area contributed by atoms with E-state index in [-0.39, 0.29) is 25.5 Å². The first-order valence-electron chi connectivity index (χ1n) is 9.30. The molecule has 0 saturated heterocycles. The molecule has 0 spiro atoms. The monoisotopic (exact) mass is 414 g/mol. The largest absolute Gasteiger partial charge is 0.456 e. The van der Waals surface area contributed by atoms with Gasteiger partial charge in [0.2, 0.25) is 5.91 Å². The number of benzene rings is 2. The van der Waals surface area contributed by atoms with Gasteiger partial charge in [0.15, 0.2) is 6.61 Å². The SMILES string of the molecule is Cc1cccc(C)c1NC(=O)CN(C)C(=O)COC(=O)CCSc1ccccc1. The number of aryl methyl sites for hydroxylation is 2. The number of anilines is 1. The van der Waals surface area contributed by atoms with Crippen molar-refractivity contribution in [1.29, 1.82) is 0 Å². The molecule has 0 atom stereocenters. The number of hydrogen-bond donors (Lipinski definition) is 1. The third kappa shape index (κ3) is 7.62. The number of esters is 1. The molecule has 0 aromatic heterocycles. The van der Waals surface area contributed by atoms with Crippen LogP contribution in [0.2, 0.25) is 0 Å². The predicted octanol–water partition coefficient (Wildman–Crippen LogP) is 3.43. The van der Waals surface area contributed by atoms with E-state index in [1.54, 1.807) is 11.8 Å². The van der Waals surface area contributed by atoms with Crippen LogP contribution in [0, 0.1) is 13.8 Å². The molecule has 0 unspecified atom stereocenters. The van der Waals surface area contributed by atoms with E-state index in [0.29, 0.717) is 5.75 Å². The van der Waals surface area contributed by atoms with Gasteiger partial charge in [-0.1, -0.05) is 36.4 Å². The first-order valence-corrected chi connectivity index (χ1v) is 10.3. The Morgan fingerprint density at radius 2 is 1.66 bits per heavy atom.